The molecular weight excluding hydrogens is 162 g/mol. The van der Waals surface area contributed by atoms with Crippen molar-refractivity contribution in [3.8, 4) is 0 Å². The molecule has 2 aliphatic rings. The molecule has 0 aromatic rings. The van der Waals surface area contributed by atoms with Crippen LogP contribution in [0.2, 0.25) is 0 Å². The van der Waals surface area contributed by atoms with Crippen LogP contribution in [-0.2, 0) is 4.79 Å². The third-order valence-corrected chi connectivity index (χ3v) is 3.47. The smallest absolute Gasteiger partial charge is 0.246 e. The molecule has 1 amide bonds. The molecule has 2 fully saturated rings. The highest BCUT2D eigenvalue weighted by molar-refractivity contribution is 5.87. The number of allylic oxidation sites excluding steroid dienone is 1. The van der Waals surface area contributed by atoms with Crippen LogP contribution in [0.15, 0.2) is 12.2 Å². The van der Waals surface area contributed by atoms with Crippen LogP contribution in [0.1, 0.15) is 32.6 Å². The number of nitrogens with zero attached hydrogens (tertiary/aromatic N) is 1. The maximum atomic E-state index is 11.5. The van der Waals surface area contributed by atoms with Crippen molar-refractivity contribution in [3.63, 3.8) is 0 Å². The summed E-state index contributed by atoms with van der Waals surface area (Å²) in [5, 5.41) is 0. The Morgan fingerprint density at radius 3 is 2.62 bits per heavy atom. The van der Waals surface area contributed by atoms with Crippen molar-refractivity contribution in [2.45, 2.75) is 32.6 Å². The first kappa shape index (κ1) is 8.79. The zero-order valence-corrected chi connectivity index (χ0v) is 8.25. The van der Waals surface area contributed by atoms with Gasteiger partial charge in [-0.15, -0.1) is 0 Å². The van der Waals surface area contributed by atoms with E-state index in [1.54, 1.807) is 6.08 Å². The molecule has 1 spiro atoms. The summed E-state index contributed by atoms with van der Waals surface area (Å²) in [5.41, 5.74) is 0.539. The van der Waals surface area contributed by atoms with Gasteiger partial charge in [0.05, 0.1) is 0 Å². The Morgan fingerprint density at radius 2 is 2.15 bits per heavy atom. The molecule has 0 unspecified atom stereocenters. The largest absolute Gasteiger partial charge is 0.339 e. The van der Waals surface area contributed by atoms with Crippen LogP contribution in [-0.4, -0.2) is 23.9 Å². The van der Waals surface area contributed by atoms with Crippen molar-refractivity contribution in [3.05, 3.63) is 12.2 Å². The summed E-state index contributed by atoms with van der Waals surface area (Å²) in [5.74, 6) is 0.200. The van der Waals surface area contributed by atoms with Crippen molar-refractivity contribution in [2.75, 3.05) is 13.1 Å². The zero-order valence-electron chi connectivity index (χ0n) is 8.25. The van der Waals surface area contributed by atoms with Crippen LogP contribution < -0.4 is 0 Å². The lowest BCUT2D eigenvalue weighted by Crippen LogP contribution is -2.35. The van der Waals surface area contributed by atoms with E-state index in [0.717, 1.165) is 13.1 Å². The fourth-order valence-electron chi connectivity index (χ4n) is 2.46. The summed E-state index contributed by atoms with van der Waals surface area (Å²) in [7, 11) is 0. The molecule has 0 N–H and O–H groups in total. The van der Waals surface area contributed by atoms with Gasteiger partial charge in [-0.3, -0.25) is 4.79 Å². The molecule has 1 heterocycles. The van der Waals surface area contributed by atoms with E-state index in [4.69, 9.17) is 0 Å². The van der Waals surface area contributed by atoms with Crippen LogP contribution in [0.25, 0.3) is 0 Å². The van der Waals surface area contributed by atoms with Gasteiger partial charge in [0.15, 0.2) is 0 Å². The number of hydrogen-bond acceptors (Lipinski definition) is 1. The van der Waals surface area contributed by atoms with E-state index in [-0.39, 0.29) is 5.91 Å². The number of likely N-dealkylation sites (tertiary alicyclic amines) is 1. The molecule has 2 heteroatoms. The van der Waals surface area contributed by atoms with Gasteiger partial charge in [0, 0.05) is 13.1 Å². The average molecular weight is 179 g/mol. The standard InChI is InChI=1S/C11H17NO/c1-2-4-10(13)12-8-7-11(9-12)5-3-6-11/h2,4H,3,5-9H2,1H3/b4-2+. The molecule has 1 aliphatic carbocycles. The van der Waals surface area contributed by atoms with E-state index >= 15 is 0 Å². The van der Waals surface area contributed by atoms with Crippen LogP contribution in [0, 0.1) is 5.41 Å². The number of rotatable bonds is 1. The Bertz CT molecular complexity index is 240. The first-order valence-corrected chi connectivity index (χ1v) is 5.17. The summed E-state index contributed by atoms with van der Waals surface area (Å²) in [4.78, 5) is 13.5. The summed E-state index contributed by atoms with van der Waals surface area (Å²) in [6.45, 7) is 3.88. The van der Waals surface area contributed by atoms with Crippen LogP contribution in [0.3, 0.4) is 0 Å². The summed E-state index contributed by atoms with van der Waals surface area (Å²) >= 11 is 0. The highest BCUT2D eigenvalue weighted by atomic mass is 16.2. The molecule has 1 aliphatic heterocycles. The fourth-order valence-corrected chi connectivity index (χ4v) is 2.46. The van der Waals surface area contributed by atoms with Gasteiger partial charge in [-0.25, -0.2) is 0 Å². The van der Waals surface area contributed by atoms with E-state index in [1.807, 2.05) is 17.9 Å². The first-order valence-electron chi connectivity index (χ1n) is 5.17. The fraction of sp³-hybridized carbons (Fsp3) is 0.727. The number of hydrogen-bond donors (Lipinski definition) is 0. The second-order valence-corrected chi connectivity index (χ2v) is 4.36. The quantitative estimate of drug-likeness (QED) is 0.563. The lowest BCUT2D eigenvalue weighted by molar-refractivity contribution is -0.125. The van der Waals surface area contributed by atoms with Gasteiger partial charge < -0.3 is 4.90 Å². The predicted molar refractivity (Wildman–Crippen MR) is 52.3 cm³/mol. The van der Waals surface area contributed by atoms with Gasteiger partial charge >= 0.3 is 0 Å². The lowest BCUT2D eigenvalue weighted by atomic mass is 9.68. The highest BCUT2D eigenvalue weighted by Gasteiger charge is 2.43. The van der Waals surface area contributed by atoms with E-state index in [1.165, 1.54) is 25.7 Å². The van der Waals surface area contributed by atoms with E-state index in [2.05, 4.69) is 0 Å². The van der Waals surface area contributed by atoms with Gasteiger partial charge in [0.1, 0.15) is 0 Å². The summed E-state index contributed by atoms with van der Waals surface area (Å²) in [6.07, 6.45) is 8.78. The summed E-state index contributed by atoms with van der Waals surface area (Å²) in [6, 6.07) is 0. The van der Waals surface area contributed by atoms with Gasteiger partial charge in [-0.1, -0.05) is 12.5 Å². The Kier molecular flexibility index (Phi) is 2.14. The minimum Gasteiger partial charge on any atom is -0.339 e. The SMILES string of the molecule is C/C=C/C(=O)N1CCC2(CCC2)C1. The average Bonchev–Trinajstić information content (AvgIpc) is 2.47. The normalized spacial score (nSPS) is 25.5. The molecule has 0 aromatic heterocycles. The predicted octanol–water partition coefficient (Wildman–Crippen LogP) is 1.97. The maximum absolute atomic E-state index is 11.5. The van der Waals surface area contributed by atoms with Gasteiger partial charge in [0.25, 0.3) is 0 Å². The molecule has 0 aromatic carbocycles. The molecule has 2 rings (SSSR count). The molecule has 0 atom stereocenters. The monoisotopic (exact) mass is 179 g/mol. The first-order chi connectivity index (χ1) is 6.26. The lowest BCUT2D eigenvalue weighted by Gasteiger charge is -2.37. The Morgan fingerprint density at radius 1 is 1.38 bits per heavy atom. The molecule has 0 radical (unpaired) electrons. The van der Waals surface area contributed by atoms with E-state index in [9.17, 15) is 4.79 Å². The topological polar surface area (TPSA) is 20.3 Å². The van der Waals surface area contributed by atoms with Crippen molar-refractivity contribution < 1.29 is 4.79 Å². The zero-order chi connectivity index (χ0) is 9.31. The third kappa shape index (κ3) is 1.50. The highest BCUT2D eigenvalue weighted by Crippen LogP contribution is 2.47. The number of amides is 1. The number of carbonyl (C=O) groups excluding carboxylic acids is 1. The van der Waals surface area contributed by atoms with E-state index in [0.29, 0.717) is 5.41 Å². The van der Waals surface area contributed by atoms with Crippen molar-refractivity contribution in [1.82, 2.24) is 4.90 Å². The van der Waals surface area contributed by atoms with Crippen LogP contribution in [0.5, 0.6) is 0 Å². The van der Waals surface area contributed by atoms with E-state index < -0.39 is 0 Å². The Labute approximate surface area is 79.6 Å². The second kappa shape index (κ2) is 3.17. The van der Waals surface area contributed by atoms with Crippen molar-refractivity contribution >= 4 is 5.91 Å². The number of carbonyl (C=O) groups is 1. The Balaban J connectivity index is 1.94. The van der Waals surface area contributed by atoms with Crippen LogP contribution in [0.4, 0.5) is 0 Å². The molecule has 72 valence electrons. The van der Waals surface area contributed by atoms with Crippen molar-refractivity contribution in [1.29, 1.82) is 0 Å². The summed E-state index contributed by atoms with van der Waals surface area (Å²) < 4.78 is 0. The molecule has 1 saturated heterocycles. The van der Waals surface area contributed by atoms with Gasteiger partial charge in [-0.2, -0.15) is 0 Å². The minimum absolute atomic E-state index is 0.200. The molecule has 2 nitrogen and oxygen atoms in total. The van der Waals surface area contributed by atoms with Gasteiger partial charge in [0.2, 0.25) is 5.91 Å². The third-order valence-electron chi connectivity index (χ3n) is 3.47. The second-order valence-electron chi connectivity index (χ2n) is 4.36. The maximum Gasteiger partial charge on any atom is 0.246 e. The van der Waals surface area contributed by atoms with Crippen LogP contribution >= 0.6 is 0 Å². The Hall–Kier alpha value is -0.790. The van der Waals surface area contributed by atoms with Crippen molar-refractivity contribution in [2.24, 2.45) is 5.41 Å². The molecule has 13 heavy (non-hydrogen) atoms. The molecular formula is C11H17NO. The molecule has 1 saturated carbocycles. The minimum atomic E-state index is 0.200. The van der Waals surface area contributed by atoms with Gasteiger partial charge in [-0.05, 0) is 37.7 Å². The molecule has 0 bridgehead atoms.